The molecule has 40 heavy (non-hydrogen) atoms. The van der Waals surface area contributed by atoms with Gasteiger partial charge in [0.05, 0.1) is 31.0 Å². The number of aromatic nitrogens is 1. The summed E-state index contributed by atoms with van der Waals surface area (Å²) in [5.74, 6) is 0.588. The van der Waals surface area contributed by atoms with Crippen molar-refractivity contribution in [2.45, 2.75) is 26.8 Å². The number of phenolic OH excluding ortho intramolecular Hbond substituents is 1. The van der Waals surface area contributed by atoms with Crippen LogP contribution in [0.1, 0.15) is 37.9 Å². The number of ether oxygens (including phenoxy) is 1. The number of thiazole rings is 1. The fourth-order valence-electron chi connectivity index (χ4n) is 5.10. The molecule has 0 saturated carbocycles. The van der Waals surface area contributed by atoms with Crippen molar-refractivity contribution < 1.29 is 14.6 Å². The molecule has 4 aromatic rings. The first-order chi connectivity index (χ1) is 19.2. The summed E-state index contributed by atoms with van der Waals surface area (Å²) in [6.07, 6.45) is 1.79. The molecule has 0 bridgehead atoms. The number of nitrogens with zero attached hydrogens (tertiary/aromatic N) is 3. The highest BCUT2D eigenvalue weighted by Crippen LogP contribution is 2.40. The van der Waals surface area contributed by atoms with E-state index >= 15 is 0 Å². The zero-order valence-electron chi connectivity index (χ0n) is 22.4. The van der Waals surface area contributed by atoms with Gasteiger partial charge in [-0.25, -0.2) is 4.99 Å². The Morgan fingerprint density at radius 3 is 2.62 bits per heavy atom. The Balaban J connectivity index is 1.85. The number of rotatable bonds is 6. The van der Waals surface area contributed by atoms with Crippen molar-refractivity contribution in [3.05, 3.63) is 98.7 Å². The normalized spacial score (nSPS) is 15.2. The molecule has 0 spiro atoms. The molecular weight excluding hydrogens is 705 g/mol. The fraction of sp³-hybridized carbons (Fsp3) is 0.233. The quantitative estimate of drug-likeness (QED) is 0.272. The maximum Gasteiger partial charge on any atom is 0.271 e. The first-order valence-corrected chi connectivity index (χ1v) is 15.4. The zero-order chi connectivity index (χ0) is 28.7. The minimum absolute atomic E-state index is 0.150. The lowest BCUT2D eigenvalue weighted by Crippen LogP contribution is -2.43. The second-order valence-electron chi connectivity index (χ2n) is 9.30. The molecule has 206 valence electrons. The van der Waals surface area contributed by atoms with Crippen LogP contribution in [0, 0.1) is 3.57 Å². The number of aromatic hydroxyl groups is 1. The Kier molecular flexibility index (Phi) is 8.21. The smallest absolute Gasteiger partial charge is 0.271 e. The fourth-order valence-corrected chi connectivity index (χ4v) is 7.65. The lowest BCUT2D eigenvalue weighted by molar-refractivity contribution is -0.127. The monoisotopic (exact) mass is 731 g/mol. The Morgan fingerprint density at radius 2 is 1.95 bits per heavy atom. The predicted molar refractivity (Wildman–Crippen MR) is 171 cm³/mol. The molecule has 2 heterocycles. The van der Waals surface area contributed by atoms with E-state index in [0.29, 0.717) is 47.5 Å². The van der Waals surface area contributed by atoms with Crippen molar-refractivity contribution in [1.29, 1.82) is 0 Å². The van der Waals surface area contributed by atoms with Gasteiger partial charge in [0.1, 0.15) is 17.5 Å². The van der Waals surface area contributed by atoms with Crippen LogP contribution in [0.25, 0.3) is 16.8 Å². The highest BCUT2D eigenvalue weighted by atomic mass is 127. The van der Waals surface area contributed by atoms with Crippen molar-refractivity contribution >= 4 is 72.6 Å². The summed E-state index contributed by atoms with van der Waals surface area (Å²) in [6, 6.07) is 14.6. The van der Waals surface area contributed by atoms with Crippen LogP contribution in [-0.4, -0.2) is 40.7 Å². The van der Waals surface area contributed by atoms with Crippen LogP contribution >= 0.6 is 49.9 Å². The summed E-state index contributed by atoms with van der Waals surface area (Å²) < 4.78 is 9.15. The number of amides is 1. The van der Waals surface area contributed by atoms with E-state index in [-0.39, 0.29) is 17.2 Å². The second kappa shape index (κ2) is 11.5. The van der Waals surface area contributed by atoms with E-state index in [2.05, 4.69) is 38.5 Å². The second-order valence-corrected chi connectivity index (χ2v) is 12.3. The van der Waals surface area contributed by atoms with Crippen LogP contribution < -0.4 is 19.6 Å². The largest absolute Gasteiger partial charge is 0.506 e. The van der Waals surface area contributed by atoms with Crippen molar-refractivity contribution in [2.75, 3.05) is 20.2 Å². The minimum atomic E-state index is -0.737. The number of likely N-dealkylation sites (N-methyl/N-ethyl adjacent to an activating group) is 1. The third-order valence-corrected chi connectivity index (χ3v) is 9.47. The minimum Gasteiger partial charge on any atom is -0.506 e. The molecule has 0 radical (unpaired) electrons. The van der Waals surface area contributed by atoms with Gasteiger partial charge in [-0.3, -0.25) is 14.2 Å². The Morgan fingerprint density at radius 1 is 1.23 bits per heavy atom. The molecule has 3 aromatic carbocycles. The van der Waals surface area contributed by atoms with Gasteiger partial charge >= 0.3 is 0 Å². The molecule has 1 aromatic heterocycles. The molecule has 0 unspecified atom stereocenters. The summed E-state index contributed by atoms with van der Waals surface area (Å²) in [7, 11) is 1.60. The molecule has 0 aliphatic carbocycles. The molecule has 1 N–H and O–H groups in total. The van der Waals surface area contributed by atoms with Crippen molar-refractivity contribution in [2.24, 2.45) is 4.99 Å². The maximum atomic E-state index is 14.2. The van der Waals surface area contributed by atoms with E-state index in [1.165, 1.54) is 11.3 Å². The van der Waals surface area contributed by atoms with Gasteiger partial charge in [-0.2, -0.15) is 0 Å². The van der Waals surface area contributed by atoms with Gasteiger partial charge in [-0.05, 0) is 99.9 Å². The number of methoxy groups -OCH3 is 1. The van der Waals surface area contributed by atoms with Gasteiger partial charge in [-0.1, -0.05) is 41.7 Å². The average Bonchev–Trinajstić information content (AvgIpc) is 3.24. The van der Waals surface area contributed by atoms with Gasteiger partial charge in [0.15, 0.2) is 4.80 Å². The number of halogens is 2. The number of allylic oxidation sites excluding steroid dienone is 1. The summed E-state index contributed by atoms with van der Waals surface area (Å²) in [5.41, 5.74) is 2.29. The number of benzene rings is 3. The molecule has 7 nitrogen and oxygen atoms in total. The van der Waals surface area contributed by atoms with E-state index in [1.54, 1.807) is 28.7 Å². The van der Waals surface area contributed by atoms with Gasteiger partial charge in [0, 0.05) is 18.7 Å². The highest BCUT2D eigenvalue weighted by molar-refractivity contribution is 14.1. The molecule has 10 heteroatoms. The van der Waals surface area contributed by atoms with Crippen LogP contribution in [0.15, 0.2) is 74.1 Å². The first kappa shape index (κ1) is 28.6. The van der Waals surface area contributed by atoms with Crippen LogP contribution in [-0.2, 0) is 4.79 Å². The number of phenols is 1. The van der Waals surface area contributed by atoms with Gasteiger partial charge in [-0.15, -0.1) is 0 Å². The van der Waals surface area contributed by atoms with Gasteiger partial charge < -0.3 is 14.7 Å². The summed E-state index contributed by atoms with van der Waals surface area (Å²) in [4.78, 5) is 35.3. The van der Waals surface area contributed by atoms with Crippen LogP contribution in [0.2, 0.25) is 0 Å². The lowest BCUT2D eigenvalue weighted by atomic mass is 9.90. The van der Waals surface area contributed by atoms with Crippen LogP contribution in [0.4, 0.5) is 0 Å². The molecule has 0 saturated heterocycles. The van der Waals surface area contributed by atoms with Gasteiger partial charge in [0.2, 0.25) is 0 Å². The van der Waals surface area contributed by atoms with E-state index in [0.717, 1.165) is 21.9 Å². The lowest BCUT2D eigenvalue weighted by Gasteiger charge is -2.30. The maximum absolute atomic E-state index is 14.2. The summed E-state index contributed by atoms with van der Waals surface area (Å²) >= 11 is 6.72. The highest BCUT2D eigenvalue weighted by Gasteiger charge is 2.36. The molecule has 5 rings (SSSR count). The van der Waals surface area contributed by atoms with E-state index in [4.69, 9.17) is 9.73 Å². The van der Waals surface area contributed by atoms with E-state index in [1.807, 2.05) is 63.2 Å². The Labute approximate surface area is 257 Å². The number of hydrogen-bond donors (Lipinski definition) is 1. The van der Waals surface area contributed by atoms with Crippen molar-refractivity contribution in [3.63, 3.8) is 0 Å². The molecule has 1 aliphatic heterocycles. The summed E-state index contributed by atoms with van der Waals surface area (Å²) in [6.45, 7) is 6.78. The SMILES string of the molecule is CCN(CC)C(=O)C1=C(C)N=c2s/c(=C/c3cc(Br)c(O)c(I)c3)c(=O)n2[C@H]1c1c(OC)ccc2ccccc12. The summed E-state index contributed by atoms with van der Waals surface area (Å²) in [5, 5.41) is 12.1. The van der Waals surface area contributed by atoms with E-state index in [9.17, 15) is 14.7 Å². The first-order valence-electron chi connectivity index (χ1n) is 12.8. The number of carbonyl (C=O) groups is 1. The third kappa shape index (κ3) is 4.90. The Hall–Kier alpha value is -2.96. The number of fused-ring (bicyclic) bond motifs is 2. The topological polar surface area (TPSA) is 84.1 Å². The Bertz CT molecular complexity index is 1850. The van der Waals surface area contributed by atoms with Crippen molar-refractivity contribution in [3.8, 4) is 11.5 Å². The average molecular weight is 732 g/mol. The van der Waals surface area contributed by atoms with Crippen molar-refractivity contribution in [1.82, 2.24) is 9.47 Å². The third-order valence-electron chi connectivity index (χ3n) is 7.06. The standard InChI is InChI=1S/C30H27BrIN3O4S/c1-5-34(6-2)29(38)24-16(3)33-30-35(26(24)25-19-10-8-7-9-18(19)11-12-22(25)39-4)28(37)23(40-30)15-17-13-20(31)27(36)21(32)14-17/h7-15,26,36H,5-6H2,1-4H3/b23-15+/t26-/m1/s1. The zero-order valence-corrected chi connectivity index (χ0v) is 26.9. The molecular formula is C30H27BrIN3O4S. The van der Waals surface area contributed by atoms with E-state index < -0.39 is 6.04 Å². The molecule has 1 aliphatic rings. The van der Waals surface area contributed by atoms with Crippen LogP contribution in [0.3, 0.4) is 0 Å². The predicted octanol–water partition coefficient (Wildman–Crippen LogP) is 5.34. The number of hydrogen-bond acceptors (Lipinski definition) is 6. The van der Waals surface area contributed by atoms with Crippen LogP contribution in [0.5, 0.6) is 11.5 Å². The van der Waals surface area contributed by atoms with Gasteiger partial charge in [0.25, 0.3) is 11.5 Å². The molecule has 1 amide bonds. The molecule has 1 atom stereocenters. The molecule has 0 fully saturated rings. The number of carbonyl (C=O) groups excluding carboxylic acids is 1.